The number of carbonyl (C=O) groups is 1. The molecule has 0 N–H and O–H groups in total. The molecule has 0 saturated heterocycles. The van der Waals surface area contributed by atoms with Crippen LogP contribution in [0.5, 0.6) is 0 Å². The molecule has 0 bridgehead atoms. The van der Waals surface area contributed by atoms with Crippen LogP contribution in [0.2, 0.25) is 0 Å². The predicted molar refractivity (Wildman–Crippen MR) is 41.0 cm³/mol. The maximum atomic E-state index is 10.6. The second kappa shape index (κ2) is 5.42. The third-order valence-electron chi connectivity index (χ3n) is 1.37. The number of hydrogen-bond acceptors (Lipinski definition) is 2. The van der Waals surface area contributed by atoms with Gasteiger partial charge in [0.2, 0.25) is 0 Å². The molecule has 2 nitrogen and oxygen atoms in total. The van der Waals surface area contributed by atoms with E-state index in [1.54, 1.807) is 6.92 Å². The monoisotopic (exact) mass is 144 g/mol. The fraction of sp³-hybridized carbons (Fsp3) is 0.875. The zero-order chi connectivity index (χ0) is 7.98. The third kappa shape index (κ3) is 4.50. The zero-order valence-electron chi connectivity index (χ0n) is 7.02. The normalized spacial score (nSPS) is 13.1. The van der Waals surface area contributed by atoms with Crippen LogP contribution in [0.15, 0.2) is 0 Å². The summed E-state index contributed by atoms with van der Waals surface area (Å²) in [5.41, 5.74) is 0. The molecule has 60 valence electrons. The van der Waals surface area contributed by atoms with Crippen LogP contribution < -0.4 is 0 Å². The Labute approximate surface area is 62.6 Å². The van der Waals surface area contributed by atoms with Crippen LogP contribution in [0.3, 0.4) is 0 Å². The molecular formula is C8H16O2. The van der Waals surface area contributed by atoms with Crippen LogP contribution in [0.4, 0.5) is 0 Å². The lowest BCUT2D eigenvalue weighted by molar-refractivity contribution is -0.119. The highest BCUT2D eigenvalue weighted by atomic mass is 16.5. The largest absolute Gasteiger partial charge is 0.378 e. The molecule has 0 amide bonds. The number of ketones is 1. The second-order valence-corrected chi connectivity index (χ2v) is 2.39. The fourth-order valence-corrected chi connectivity index (χ4v) is 0.877. The van der Waals surface area contributed by atoms with Crippen LogP contribution in [-0.2, 0) is 9.53 Å². The minimum Gasteiger partial charge on any atom is -0.378 e. The van der Waals surface area contributed by atoms with Gasteiger partial charge in [-0.3, -0.25) is 4.79 Å². The van der Waals surface area contributed by atoms with E-state index in [0.717, 1.165) is 6.42 Å². The van der Waals surface area contributed by atoms with Crippen molar-refractivity contribution in [3.63, 3.8) is 0 Å². The molecule has 0 aliphatic rings. The number of rotatable bonds is 5. The second-order valence-electron chi connectivity index (χ2n) is 2.39. The van der Waals surface area contributed by atoms with Crippen LogP contribution in [-0.4, -0.2) is 18.5 Å². The minimum absolute atomic E-state index is 0.141. The molecule has 0 saturated carbocycles. The first-order valence-electron chi connectivity index (χ1n) is 3.81. The van der Waals surface area contributed by atoms with E-state index in [1.807, 2.05) is 13.8 Å². The van der Waals surface area contributed by atoms with E-state index in [1.165, 1.54) is 0 Å². The Balaban J connectivity index is 3.49. The van der Waals surface area contributed by atoms with Crippen molar-refractivity contribution in [3.8, 4) is 0 Å². The highest BCUT2D eigenvalue weighted by Gasteiger charge is 2.07. The van der Waals surface area contributed by atoms with E-state index in [0.29, 0.717) is 13.0 Å². The first-order chi connectivity index (χ1) is 4.70. The Morgan fingerprint density at radius 2 is 2.10 bits per heavy atom. The molecule has 0 radical (unpaired) electrons. The summed E-state index contributed by atoms with van der Waals surface area (Å²) in [6, 6.07) is 0. The van der Waals surface area contributed by atoms with Gasteiger partial charge in [0.15, 0.2) is 0 Å². The summed E-state index contributed by atoms with van der Waals surface area (Å²) in [6.45, 7) is 6.28. The van der Waals surface area contributed by atoms with Gasteiger partial charge in [0.05, 0.1) is 6.10 Å². The average molecular weight is 144 g/mol. The molecule has 0 fully saturated rings. The molecular weight excluding hydrogens is 128 g/mol. The third-order valence-corrected chi connectivity index (χ3v) is 1.37. The van der Waals surface area contributed by atoms with Crippen LogP contribution in [0.1, 0.15) is 33.6 Å². The maximum absolute atomic E-state index is 10.6. The van der Waals surface area contributed by atoms with Gasteiger partial charge < -0.3 is 4.74 Å². The molecule has 2 heteroatoms. The molecule has 0 aromatic heterocycles. The summed E-state index contributed by atoms with van der Waals surface area (Å²) in [5.74, 6) is 0.209. The molecule has 1 unspecified atom stereocenters. The number of hydrogen-bond donors (Lipinski definition) is 0. The van der Waals surface area contributed by atoms with Gasteiger partial charge in [0, 0.05) is 13.0 Å². The summed E-state index contributed by atoms with van der Waals surface area (Å²) in [5, 5.41) is 0. The van der Waals surface area contributed by atoms with Gasteiger partial charge in [0.1, 0.15) is 5.78 Å². The molecule has 0 aliphatic carbocycles. The standard InChI is InChI=1S/C8H16O2/c1-4-8(10-5-2)6-7(3)9/h8H,4-6H2,1-3H3. The lowest BCUT2D eigenvalue weighted by Crippen LogP contribution is -2.14. The van der Waals surface area contributed by atoms with Crippen LogP contribution in [0, 0.1) is 0 Å². The van der Waals surface area contributed by atoms with Crippen molar-refractivity contribution in [2.75, 3.05) is 6.61 Å². The Hall–Kier alpha value is -0.370. The van der Waals surface area contributed by atoms with E-state index < -0.39 is 0 Å². The van der Waals surface area contributed by atoms with Crippen LogP contribution >= 0.6 is 0 Å². The van der Waals surface area contributed by atoms with Crippen molar-refractivity contribution in [3.05, 3.63) is 0 Å². The van der Waals surface area contributed by atoms with E-state index in [2.05, 4.69) is 0 Å². The van der Waals surface area contributed by atoms with Crippen molar-refractivity contribution < 1.29 is 9.53 Å². The van der Waals surface area contributed by atoms with Gasteiger partial charge in [-0.1, -0.05) is 6.92 Å². The molecule has 0 aromatic carbocycles. The molecule has 0 spiro atoms. The Morgan fingerprint density at radius 3 is 2.40 bits per heavy atom. The quantitative estimate of drug-likeness (QED) is 0.588. The van der Waals surface area contributed by atoms with Gasteiger partial charge in [-0.05, 0) is 20.3 Å². The van der Waals surface area contributed by atoms with Crippen molar-refractivity contribution in [1.82, 2.24) is 0 Å². The molecule has 0 aromatic rings. The fourth-order valence-electron chi connectivity index (χ4n) is 0.877. The lowest BCUT2D eigenvalue weighted by Gasteiger charge is -2.11. The van der Waals surface area contributed by atoms with Gasteiger partial charge in [-0.15, -0.1) is 0 Å². The van der Waals surface area contributed by atoms with E-state index in [4.69, 9.17) is 4.74 Å². The predicted octanol–water partition coefficient (Wildman–Crippen LogP) is 1.78. The van der Waals surface area contributed by atoms with Crippen molar-refractivity contribution in [1.29, 1.82) is 0 Å². The molecule has 1 atom stereocenters. The Morgan fingerprint density at radius 1 is 1.50 bits per heavy atom. The first-order valence-corrected chi connectivity index (χ1v) is 3.81. The van der Waals surface area contributed by atoms with Gasteiger partial charge in [0.25, 0.3) is 0 Å². The lowest BCUT2D eigenvalue weighted by atomic mass is 10.1. The molecule has 0 aliphatic heterocycles. The van der Waals surface area contributed by atoms with Crippen molar-refractivity contribution in [2.24, 2.45) is 0 Å². The van der Waals surface area contributed by atoms with E-state index in [9.17, 15) is 4.79 Å². The summed E-state index contributed by atoms with van der Waals surface area (Å²) < 4.78 is 5.28. The van der Waals surface area contributed by atoms with Crippen molar-refractivity contribution >= 4 is 5.78 Å². The highest BCUT2D eigenvalue weighted by Crippen LogP contribution is 2.03. The van der Waals surface area contributed by atoms with Crippen LogP contribution in [0.25, 0.3) is 0 Å². The highest BCUT2D eigenvalue weighted by molar-refractivity contribution is 5.75. The smallest absolute Gasteiger partial charge is 0.132 e. The summed E-state index contributed by atoms with van der Waals surface area (Å²) in [7, 11) is 0. The maximum Gasteiger partial charge on any atom is 0.132 e. The summed E-state index contributed by atoms with van der Waals surface area (Å²) in [4.78, 5) is 10.6. The Kier molecular flexibility index (Phi) is 5.22. The van der Waals surface area contributed by atoms with Gasteiger partial charge >= 0.3 is 0 Å². The number of Topliss-reactive ketones (excluding diaryl/α,β-unsaturated/α-hetero) is 1. The summed E-state index contributed by atoms with van der Waals surface area (Å²) in [6.07, 6.45) is 1.63. The van der Waals surface area contributed by atoms with Gasteiger partial charge in [-0.25, -0.2) is 0 Å². The number of ether oxygens (including phenoxy) is 1. The van der Waals surface area contributed by atoms with Gasteiger partial charge in [-0.2, -0.15) is 0 Å². The zero-order valence-corrected chi connectivity index (χ0v) is 7.02. The molecule has 0 rings (SSSR count). The Bertz CT molecular complexity index is 99.4. The first kappa shape index (κ1) is 9.63. The summed E-state index contributed by atoms with van der Waals surface area (Å²) >= 11 is 0. The average Bonchev–Trinajstić information content (AvgIpc) is 1.86. The molecule has 10 heavy (non-hydrogen) atoms. The minimum atomic E-state index is 0.141. The topological polar surface area (TPSA) is 26.3 Å². The molecule has 0 heterocycles. The number of carbonyl (C=O) groups excluding carboxylic acids is 1. The van der Waals surface area contributed by atoms with Crippen molar-refractivity contribution in [2.45, 2.75) is 39.7 Å². The SMILES string of the molecule is CCOC(CC)CC(C)=O. The van der Waals surface area contributed by atoms with E-state index in [-0.39, 0.29) is 11.9 Å². The van der Waals surface area contributed by atoms with E-state index >= 15 is 0 Å².